The molecule has 1 unspecified atom stereocenters. The molecule has 21 heavy (non-hydrogen) atoms. The maximum atomic E-state index is 5.37. The highest BCUT2D eigenvalue weighted by Gasteiger charge is 2.13. The van der Waals surface area contributed by atoms with E-state index >= 15 is 0 Å². The zero-order valence-corrected chi connectivity index (χ0v) is 12.5. The lowest BCUT2D eigenvalue weighted by molar-refractivity contribution is 0.122. The molecule has 1 atom stereocenters. The quantitative estimate of drug-likeness (QED) is 0.929. The number of pyridine rings is 1. The molecule has 0 aliphatic carbocycles. The van der Waals surface area contributed by atoms with Gasteiger partial charge in [0.05, 0.1) is 36.8 Å². The predicted octanol–water partition coefficient (Wildman–Crippen LogP) is 1.82. The summed E-state index contributed by atoms with van der Waals surface area (Å²) in [6.45, 7) is 5.55. The van der Waals surface area contributed by atoms with Crippen LogP contribution in [0.3, 0.4) is 0 Å². The van der Waals surface area contributed by atoms with E-state index in [0.717, 1.165) is 43.5 Å². The van der Waals surface area contributed by atoms with Gasteiger partial charge in [-0.1, -0.05) is 0 Å². The van der Waals surface area contributed by atoms with E-state index < -0.39 is 0 Å². The molecular weight excluding hydrogens is 266 g/mol. The van der Waals surface area contributed by atoms with Gasteiger partial charge in [0.15, 0.2) is 0 Å². The molecule has 0 amide bonds. The second-order valence-electron chi connectivity index (χ2n) is 5.25. The molecule has 6 nitrogen and oxygen atoms in total. The van der Waals surface area contributed by atoms with Crippen LogP contribution < -0.4 is 10.2 Å². The zero-order valence-electron chi connectivity index (χ0n) is 12.5. The fourth-order valence-electron chi connectivity index (χ4n) is 2.58. The van der Waals surface area contributed by atoms with Gasteiger partial charge in [0.2, 0.25) is 0 Å². The number of anilines is 2. The summed E-state index contributed by atoms with van der Waals surface area (Å²) in [4.78, 5) is 6.81. The summed E-state index contributed by atoms with van der Waals surface area (Å²) in [5.74, 6) is 0.876. The molecule has 0 radical (unpaired) electrons. The van der Waals surface area contributed by atoms with E-state index in [9.17, 15) is 0 Å². The third-order valence-corrected chi connectivity index (χ3v) is 3.79. The van der Waals surface area contributed by atoms with Crippen molar-refractivity contribution in [2.24, 2.45) is 7.05 Å². The first kappa shape index (κ1) is 13.9. The molecule has 2 aromatic heterocycles. The minimum Gasteiger partial charge on any atom is -0.378 e. The first-order chi connectivity index (χ1) is 10.2. The fourth-order valence-corrected chi connectivity index (χ4v) is 2.58. The molecule has 0 saturated carbocycles. The summed E-state index contributed by atoms with van der Waals surface area (Å²) in [6, 6.07) is 6.31. The van der Waals surface area contributed by atoms with Gasteiger partial charge in [-0.05, 0) is 25.1 Å². The Balaban J connectivity index is 1.65. The SMILES string of the molecule is CC(Nc1ccc(N2CCOCC2)cn1)c1ccnn1C. The van der Waals surface area contributed by atoms with Crippen LogP contribution in [0.25, 0.3) is 0 Å². The van der Waals surface area contributed by atoms with Crippen molar-refractivity contribution < 1.29 is 4.74 Å². The van der Waals surface area contributed by atoms with Crippen LogP contribution in [0.4, 0.5) is 11.5 Å². The lowest BCUT2D eigenvalue weighted by Crippen LogP contribution is -2.36. The van der Waals surface area contributed by atoms with Crippen LogP contribution in [0.15, 0.2) is 30.6 Å². The van der Waals surface area contributed by atoms with Crippen LogP contribution in [0.2, 0.25) is 0 Å². The second kappa shape index (κ2) is 6.13. The molecule has 3 heterocycles. The fraction of sp³-hybridized carbons (Fsp3) is 0.467. The van der Waals surface area contributed by atoms with Gasteiger partial charge in [0, 0.05) is 26.3 Å². The highest BCUT2D eigenvalue weighted by Crippen LogP contribution is 2.20. The Labute approximate surface area is 124 Å². The smallest absolute Gasteiger partial charge is 0.126 e. The number of morpholine rings is 1. The van der Waals surface area contributed by atoms with Crippen LogP contribution in [0, 0.1) is 0 Å². The maximum Gasteiger partial charge on any atom is 0.126 e. The van der Waals surface area contributed by atoms with E-state index in [1.165, 1.54) is 0 Å². The minimum absolute atomic E-state index is 0.166. The summed E-state index contributed by atoms with van der Waals surface area (Å²) >= 11 is 0. The number of aryl methyl sites for hydroxylation is 1. The van der Waals surface area contributed by atoms with E-state index in [1.807, 2.05) is 36.3 Å². The molecule has 1 fully saturated rings. The molecule has 1 aliphatic rings. The van der Waals surface area contributed by atoms with E-state index in [-0.39, 0.29) is 6.04 Å². The van der Waals surface area contributed by atoms with Gasteiger partial charge in [-0.3, -0.25) is 4.68 Å². The summed E-state index contributed by atoms with van der Waals surface area (Å²) < 4.78 is 7.24. The second-order valence-corrected chi connectivity index (χ2v) is 5.25. The number of nitrogens with one attached hydrogen (secondary N) is 1. The molecule has 1 aliphatic heterocycles. The van der Waals surface area contributed by atoms with E-state index in [1.54, 1.807) is 0 Å². The summed E-state index contributed by atoms with van der Waals surface area (Å²) in [7, 11) is 1.95. The Morgan fingerprint density at radius 2 is 2.05 bits per heavy atom. The van der Waals surface area contributed by atoms with Crippen molar-refractivity contribution in [2.75, 3.05) is 36.5 Å². The number of aromatic nitrogens is 3. The number of hydrogen-bond donors (Lipinski definition) is 1. The molecule has 0 spiro atoms. The summed E-state index contributed by atoms with van der Waals surface area (Å²) in [6.07, 6.45) is 3.73. The molecule has 1 saturated heterocycles. The maximum absolute atomic E-state index is 5.37. The predicted molar refractivity (Wildman–Crippen MR) is 82.5 cm³/mol. The molecule has 2 aromatic rings. The van der Waals surface area contributed by atoms with Gasteiger partial charge in [0.25, 0.3) is 0 Å². The van der Waals surface area contributed by atoms with Gasteiger partial charge >= 0.3 is 0 Å². The minimum atomic E-state index is 0.166. The van der Waals surface area contributed by atoms with Gasteiger partial charge < -0.3 is 15.0 Å². The van der Waals surface area contributed by atoms with Gasteiger partial charge in [-0.25, -0.2) is 4.98 Å². The Kier molecular flexibility index (Phi) is 4.06. The van der Waals surface area contributed by atoms with Crippen LogP contribution in [0.1, 0.15) is 18.7 Å². The number of hydrogen-bond acceptors (Lipinski definition) is 5. The molecular formula is C15H21N5O. The van der Waals surface area contributed by atoms with E-state index in [4.69, 9.17) is 4.74 Å². The standard InChI is InChI=1S/C15H21N5O/c1-12(14-5-6-17-19(14)2)18-15-4-3-13(11-16-15)20-7-9-21-10-8-20/h3-6,11-12H,7-10H2,1-2H3,(H,16,18). The average Bonchev–Trinajstić information content (AvgIpc) is 2.95. The molecule has 6 heteroatoms. The van der Waals surface area contributed by atoms with E-state index in [2.05, 4.69) is 33.3 Å². The summed E-state index contributed by atoms with van der Waals surface area (Å²) in [5.41, 5.74) is 2.28. The third-order valence-electron chi connectivity index (χ3n) is 3.79. The largest absolute Gasteiger partial charge is 0.378 e. The van der Waals surface area contributed by atoms with Crippen molar-refractivity contribution in [3.05, 3.63) is 36.3 Å². The number of nitrogens with zero attached hydrogens (tertiary/aromatic N) is 4. The van der Waals surface area contributed by atoms with Gasteiger partial charge in [-0.15, -0.1) is 0 Å². The van der Waals surface area contributed by atoms with Crippen LogP contribution in [-0.4, -0.2) is 41.1 Å². The monoisotopic (exact) mass is 287 g/mol. The lowest BCUT2D eigenvalue weighted by atomic mass is 10.2. The topological polar surface area (TPSA) is 55.2 Å². The highest BCUT2D eigenvalue weighted by molar-refractivity contribution is 5.50. The molecule has 1 N–H and O–H groups in total. The van der Waals surface area contributed by atoms with Crippen molar-refractivity contribution in [3.63, 3.8) is 0 Å². The van der Waals surface area contributed by atoms with Crippen molar-refractivity contribution >= 4 is 11.5 Å². The summed E-state index contributed by atoms with van der Waals surface area (Å²) in [5, 5.41) is 7.59. The average molecular weight is 287 g/mol. The zero-order chi connectivity index (χ0) is 14.7. The number of rotatable bonds is 4. The molecule has 0 aromatic carbocycles. The molecule has 0 bridgehead atoms. The first-order valence-electron chi connectivity index (χ1n) is 7.27. The Morgan fingerprint density at radius 1 is 1.24 bits per heavy atom. The van der Waals surface area contributed by atoms with Crippen LogP contribution >= 0.6 is 0 Å². The van der Waals surface area contributed by atoms with E-state index in [0.29, 0.717) is 0 Å². The van der Waals surface area contributed by atoms with Crippen molar-refractivity contribution in [3.8, 4) is 0 Å². The van der Waals surface area contributed by atoms with Crippen molar-refractivity contribution in [1.29, 1.82) is 0 Å². The van der Waals surface area contributed by atoms with Crippen LogP contribution in [-0.2, 0) is 11.8 Å². The molecule has 112 valence electrons. The highest BCUT2D eigenvalue weighted by atomic mass is 16.5. The Morgan fingerprint density at radius 3 is 2.67 bits per heavy atom. The Bertz CT molecular complexity index is 574. The third kappa shape index (κ3) is 3.16. The van der Waals surface area contributed by atoms with Crippen LogP contribution in [0.5, 0.6) is 0 Å². The number of ether oxygens (including phenoxy) is 1. The Hall–Kier alpha value is -2.08. The normalized spacial score (nSPS) is 16.8. The lowest BCUT2D eigenvalue weighted by Gasteiger charge is -2.28. The van der Waals surface area contributed by atoms with Gasteiger partial charge in [0.1, 0.15) is 5.82 Å². The first-order valence-corrected chi connectivity index (χ1v) is 7.27. The van der Waals surface area contributed by atoms with Crippen molar-refractivity contribution in [1.82, 2.24) is 14.8 Å². The van der Waals surface area contributed by atoms with Gasteiger partial charge in [-0.2, -0.15) is 5.10 Å². The van der Waals surface area contributed by atoms with Crippen molar-refractivity contribution in [2.45, 2.75) is 13.0 Å². The molecule has 3 rings (SSSR count).